The molecule has 0 saturated heterocycles. The van der Waals surface area contributed by atoms with Gasteiger partial charge >= 0.3 is 0 Å². The minimum Gasteiger partial charge on any atom is -0.492 e. The predicted molar refractivity (Wildman–Crippen MR) is 123 cm³/mol. The van der Waals surface area contributed by atoms with E-state index in [1.54, 1.807) is 30.0 Å². The molecule has 2 aromatic rings. The van der Waals surface area contributed by atoms with Gasteiger partial charge in [0.15, 0.2) is 0 Å². The van der Waals surface area contributed by atoms with Crippen molar-refractivity contribution in [2.45, 2.75) is 37.1 Å². The average molecular weight is 451 g/mol. The number of thioether (sulfide) groups is 1. The normalized spacial score (nSPS) is 12.5. The van der Waals surface area contributed by atoms with Gasteiger partial charge in [0, 0.05) is 0 Å². The zero-order valence-electron chi connectivity index (χ0n) is 17.6. The highest BCUT2D eigenvalue weighted by molar-refractivity contribution is 7.98. The average Bonchev–Trinajstić information content (AvgIpc) is 2.75. The van der Waals surface area contributed by atoms with Crippen molar-refractivity contribution in [2.75, 3.05) is 25.2 Å². The topological polar surface area (TPSA) is 84.5 Å². The highest BCUT2D eigenvalue weighted by Gasteiger charge is 2.25. The number of ether oxygens (including phenoxy) is 1. The molecule has 0 bridgehead atoms. The van der Waals surface area contributed by atoms with Gasteiger partial charge in [0.05, 0.1) is 11.4 Å². The molecule has 1 atom stereocenters. The first-order valence-electron chi connectivity index (χ1n) is 9.90. The van der Waals surface area contributed by atoms with Crippen molar-refractivity contribution in [3.8, 4) is 5.75 Å². The first-order chi connectivity index (χ1) is 14.3. The Labute approximate surface area is 183 Å². The van der Waals surface area contributed by atoms with Crippen LogP contribution >= 0.6 is 11.8 Å². The molecule has 0 aliphatic carbocycles. The fraction of sp³-hybridized carbons (Fsp3) is 0.409. The van der Waals surface area contributed by atoms with E-state index in [9.17, 15) is 13.2 Å². The maximum atomic E-state index is 12.6. The highest BCUT2D eigenvalue weighted by atomic mass is 32.2. The van der Waals surface area contributed by atoms with Crippen LogP contribution in [0.4, 0.5) is 0 Å². The summed E-state index contributed by atoms with van der Waals surface area (Å²) in [6.45, 7) is 4.84. The smallest absolute Gasteiger partial charge is 0.241 e. The van der Waals surface area contributed by atoms with E-state index < -0.39 is 16.1 Å². The molecule has 30 heavy (non-hydrogen) atoms. The lowest BCUT2D eigenvalue weighted by atomic mass is 10.0. The second-order valence-corrected chi connectivity index (χ2v) is 9.83. The Kier molecular flexibility index (Phi) is 9.68. The van der Waals surface area contributed by atoms with Gasteiger partial charge in [-0.15, -0.1) is 0 Å². The Morgan fingerprint density at radius 3 is 2.33 bits per heavy atom. The van der Waals surface area contributed by atoms with Crippen LogP contribution in [0.3, 0.4) is 0 Å². The molecule has 2 aromatic carbocycles. The van der Waals surface area contributed by atoms with Crippen LogP contribution in [0.1, 0.15) is 31.7 Å². The summed E-state index contributed by atoms with van der Waals surface area (Å²) in [5, 5.41) is 2.77. The number of rotatable bonds is 12. The van der Waals surface area contributed by atoms with E-state index in [1.807, 2.05) is 30.5 Å². The van der Waals surface area contributed by atoms with Gasteiger partial charge in [0.1, 0.15) is 18.4 Å². The molecule has 1 unspecified atom stereocenters. The maximum Gasteiger partial charge on any atom is 0.241 e. The lowest BCUT2D eigenvalue weighted by Gasteiger charge is -2.18. The van der Waals surface area contributed by atoms with E-state index in [0.29, 0.717) is 24.7 Å². The van der Waals surface area contributed by atoms with Gasteiger partial charge in [-0.3, -0.25) is 4.79 Å². The van der Waals surface area contributed by atoms with E-state index in [-0.39, 0.29) is 17.3 Å². The Hall–Kier alpha value is -2.03. The van der Waals surface area contributed by atoms with Gasteiger partial charge < -0.3 is 10.1 Å². The Balaban J connectivity index is 1.88. The summed E-state index contributed by atoms with van der Waals surface area (Å²) < 4.78 is 33.3. The third-order valence-electron chi connectivity index (χ3n) is 4.49. The molecule has 0 heterocycles. The molecular formula is C22H30N2O4S2. The lowest BCUT2D eigenvalue weighted by molar-refractivity contribution is -0.122. The maximum absolute atomic E-state index is 12.6. The number of benzene rings is 2. The van der Waals surface area contributed by atoms with Crippen LogP contribution in [-0.4, -0.2) is 45.5 Å². The highest BCUT2D eigenvalue weighted by Crippen LogP contribution is 2.18. The molecule has 2 N–H and O–H groups in total. The van der Waals surface area contributed by atoms with Gasteiger partial charge in [-0.1, -0.05) is 44.2 Å². The first kappa shape index (κ1) is 24.2. The van der Waals surface area contributed by atoms with Gasteiger partial charge in [-0.2, -0.15) is 16.5 Å². The van der Waals surface area contributed by atoms with Crippen LogP contribution in [0.25, 0.3) is 0 Å². The fourth-order valence-electron chi connectivity index (χ4n) is 2.75. The third-order valence-corrected chi connectivity index (χ3v) is 6.63. The van der Waals surface area contributed by atoms with Gasteiger partial charge in [-0.25, -0.2) is 8.42 Å². The van der Waals surface area contributed by atoms with Gasteiger partial charge in [0.2, 0.25) is 15.9 Å². The summed E-state index contributed by atoms with van der Waals surface area (Å²) in [6.07, 6.45) is 2.32. The summed E-state index contributed by atoms with van der Waals surface area (Å²) in [4.78, 5) is 12.7. The Morgan fingerprint density at radius 2 is 1.73 bits per heavy atom. The van der Waals surface area contributed by atoms with Crippen molar-refractivity contribution in [2.24, 2.45) is 0 Å². The van der Waals surface area contributed by atoms with Crippen molar-refractivity contribution >= 4 is 27.7 Å². The zero-order valence-corrected chi connectivity index (χ0v) is 19.3. The molecule has 1 amide bonds. The molecule has 8 heteroatoms. The molecule has 2 rings (SSSR count). The minimum atomic E-state index is -3.77. The minimum absolute atomic E-state index is 0.139. The molecule has 6 nitrogen and oxygen atoms in total. The van der Waals surface area contributed by atoms with E-state index in [2.05, 4.69) is 23.9 Å². The second kappa shape index (κ2) is 12.0. The zero-order chi connectivity index (χ0) is 22.0. The molecular weight excluding hydrogens is 420 g/mol. The van der Waals surface area contributed by atoms with E-state index >= 15 is 0 Å². The van der Waals surface area contributed by atoms with Crippen LogP contribution in [-0.2, 0) is 14.8 Å². The van der Waals surface area contributed by atoms with Crippen LogP contribution in [0.15, 0.2) is 59.5 Å². The summed E-state index contributed by atoms with van der Waals surface area (Å²) in [6, 6.07) is 15.1. The van der Waals surface area contributed by atoms with Crippen LogP contribution in [0.5, 0.6) is 5.75 Å². The molecule has 0 aliphatic rings. The molecule has 0 fully saturated rings. The lowest BCUT2D eigenvalue weighted by Crippen LogP contribution is -2.47. The van der Waals surface area contributed by atoms with Crippen LogP contribution in [0, 0.1) is 0 Å². The van der Waals surface area contributed by atoms with E-state index in [1.165, 1.54) is 17.7 Å². The molecule has 0 radical (unpaired) electrons. The van der Waals surface area contributed by atoms with Gasteiger partial charge in [-0.05, 0) is 54.2 Å². The van der Waals surface area contributed by atoms with Crippen molar-refractivity contribution in [1.29, 1.82) is 0 Å². The van der Waals surface area contributed by atoms with Crippen molar-refractivity contribution < 1.29 is 17.9 Å². The van der Waals surface area contributed by atoms with Crippen molar-refractivity contribution in [3.63, 3.8) is 0 Å². The predicted octanol–water partition coefficient (Wildman–Crippen LogP) is 3.41. The SMILES string of the molecule is CSCCC(NS(=O)(=O)c1ccccc1)C(=O)NCCOc1ccc(C(C)C)cc1. The molecule has 164 valence electrons. The largest absolute Gasteiger partial charge is 0.492 e. The second-order valence-electron chi connectivity index (χ2n) is 7.13. The number of carbonyl (C=O) groups excluding carboxylic acids is 1. The fourth-order valence-corrected chi connectivity index (χ4v) is 4.47. The van der Waals surface area contributed by atoms with Crippen LogP contribution in [0.2, 0.25) is 0 Å². The Bertz CT molecular complexity index is 885. The molecule has 0 aliphatic heterocycles. The number of carbonyl (C=O) groups is 1. The van der Waals surface area contributed by atoms with Gasteiger partial charge in [0.25, 0.3) is 0 Å². The van der Waals surface area contributed by atoms with E-state index in [0.717, 1.165) is 5.75 Å². The standard InChI is InChI=1S/C22H30N2O4S2/c1-17(2)18-9-11-19(12-10-18)28-15-14-23-22(25)21(13-16-29-3)24-30(26,27)20-7-5-4-6-8-20/h4-12,17,21,24H,13-16H2,1-3H3,(H,23,25). The summed E-state index contributed by atoms with van der Waals surface area (Å²) in [7, 11) is -3.77. The molecule has 0 saturated carbocycles. The number of nitrogens with one attached hydrogen (secondary N) is 2. The Morgan fingerprint density at radius 1 is 1.07 bits per heavy atom. The third kappa shape index (κ3) is 7.66. The number of sulfonamides is 1. The van der Waals surface area contributed by atoms with Crippen molar-refractivity contribution in [1.82, 2.24) is 10.0 Å². The molecule has 0 aromatic heterocycles. The van der Waals surface area contributed by atoms with Crippen LogP contribution < -0.4 is 14.8 Å². The monoisotopic (exact) mass is 450 g/mol. The quantitative estimate of drug-likeness (QED) is 0.484. The summed E-state index contributed by atoms with van der Waals surface area (Å²) in [5.41, 5.74) is 1.23. The number of hydrogen-bond acceptors (Lipinski definition) is 5. The number of hydrogen-bond donors (Lipinski definition) is 2. The number of amides is 1. The molecule has 0 spiro atoms. The summed E-state index contributed by atoms with van der Waals surface area (Å²) in [5.74, 6) is 1.49. The van der Waals surface area contributed by atoms with Crippen molar-refractivity contribution in [3.05, 3.63) is 60.2 Å². The first-order valence-corrected chi connectivity index (χ1v) is 12.8. The summed E-state index contributed by atoms with van der Waals surface area (Å²) >= 11 is 1.56. The van der Waals surface area contributed by atoms with E-state index in [4.69, 9.17) is 4.74 Å².